The van der Waals surface area contributed by atoms with Gasteiger partial charge in [-0.15, -0.1) is 0 Å². The molecular weight excluding hydrogens is 294 g/mol. The summed E-state index contributed by atoms with van der Waals surface area (Å²) in [6.07, 6.45) is 1.69. The molecule has 2 heterocycles. The van der Waals surface area contributed by atoms with E-state index >= 15 is 0 Å². The molecule has 0 aliphatic carbocycles. The van der Waals surface area contributed by atoms with Gasteiger partial charge in [0.1, 0.15) is 17.5 Å². The van der Waals surface area contributed by atoms with Crippen LogP contribution in [0.15, 0.2) is 30.3 Å². The molecule has 0 saturated carbocycles. The Morgan fingerprint density at radius 2 is 2.00 bits per heavy atom. The number of aliphatic hydroxyl groups is 1. The zero-order valence-corrected chi connectivity index (χ0v) is 13.6. The third kappa shape index (κ3) is 3.85. The molecular formula is C18H25NO4. The molecule has 0 spiro atoms. The minimum absolute atomic E-state index is 0.0455. The lowest BCUT2D eigenvalue weighted by molar-refractivity contribution is -0.150. The van der Waals surface area contributed by atoms with Crippen molar-refractivity contribution in [2.75, 3.05) is 26.3 Å². The second-order valence-corrected chi connectivity index (χ2v) is 6.70. The van der Waals surface area contributed by atoms with E-state index in [0.717, 1.165) is 18.6 Å². The summed E-state index contributed by atoms with van der Waals surface area (Å²) < 4.78 is 11.3. The van der Waals surface area contributed by atoms with E-state index in [1.54, 1.807) is 6.92 Å². The number of hydrogen-bond donors (Lipinski definition) is 1. The van der Waals surface area contributed by atoms with Crippen molar-refractivity contribution in [3.05, 3.63) is 30.3 Å². The number of likely N-dealkylation sites (tertiary alicyclic amines) is 1. The summed E-state index contributed by atoms with van der Waals surface area (Å²) >= 11 is 0. The van der Waals surface area contributed by atoms with Gasteiger partial charge in [0.15, 0.2) is 0 Å². The van der Waals surface area contributed by atoms with Crippen LogP contribution in [0.4, 0.5) is 0 Å². The van der Waals surface area contributed by atoms with Gasteiger partial charge in [0.05, 0.1) is 6.54 Å². The standard InChI is InChI=1S/C18H25NO4/c1-18(21)9-10-19(17(20)14-7-11-22-12-8-14)13-16(18)23-15-5-3-2-4-6-15/h2-6,14,16,21H,7-13H2,1H3/t16-,18-/m1/s1. The number of benzene rings is 1. The van der Waals surface area contributed by atoms with E-state index in [-0.39, 0.29) is 11.8 Å². The van der Waals surface area contributed by atoms with E-state index in [0.29, 0.717) is 32.7 Å². The van der Waals surface area contributed by atoms with Gasteiger partial charge in [-0.1, -0.05) is 18.2 Å². The molecule has 1 aromatic rings. The van der Waals surface area contributed by atoms with Crippen molar-refractivity contribution in [1.82, 2.24) is 4.90 Å². The minimum atomic E-state index is -0.928. The molecule has 126 valence electrons. The maximum absolute atomic E-state index is 12.7. The number of rotatable bonds is 3. The number of carbonyl (C=O) groups excluding carboxylic acids is 1. The predicted octanol–water partition coefficient (Wildman–Crippen LogP) is 1.84. The van der Waals surface area contributed by atoms with Crippen LogP contribution in [-0.4, -0.2) is 53.9 Å². The van der Waals surface area contributed by atoms with Crippen molar-refractivity contribution < 1.29 is 19.4 Å². The summed E-state index contributed by atoms with van der Waals surface area (Å²) in [5, 5.41) is 10.6. The number of para-hydroxylation sites is 1. The highest BCUT2D eigenvalue weighted by molar-refractivity contribution is 5.79. The Kier molecular flexibility index (Phi) is 4.87. The summed E-state index contributed by atoms with van der Waals surface area (Å²) in [6, 6.07) is 9.47. The molecule has 0 unspecified atom stereocenters. The molecule has 2 fully saturated rings. The number of hydrogen-bond acceptors (Lipinski definition) is 4. The van der Waals surface area contributed by atoms with Crippen LogP contribution in [0.2, 0.25) is 0 Å². The number of carbonyl (C=O) groups is 1. The van der Waals surface area contributed by atoms with Gasteiger partial charge in [-0.05, 0) is 38.3 Å². The Bertz CT molecular complexity index is 525. The maximum Gasteiger partial charge on any atom is 0.225 e. The van der Waals surface area contributed by atoms with Gasteiger partial charge < -0.3 is 19.5 Å². The van der Waals surface area contributed by atoms with Crippen molar-refractivity contribution in [1.29, 1.82) is 0 Å². The fraction of sp³-hybridized carbons (Fsp3) is 0.611. The van der Waals surface area contributed by atoms with Crippen molar-refractivity contribution >= 4 is 5.91 Å². The van der Waals surface area contributed by atoms with Crippen LogP contribution in [0, 0.1) is 5.92 Å². The molecule has 1 aromatic carbocycles. The van der Waals surface area contributed by atoms with E-state index in [1.165, 1.54) is 0 Å². The summed E-state index contributed by atoms with van der Waals surface area (Å²) in [7, 11) is 0. The van der Waals surface area contributed by atoms with Gasteiger partial charge >= 0.3 is 0 Å². The molecule has 0 bridgehead atoms. The average molecular weight is 319 g/mol. The minimum Gasteiger partial charge on any atom is -0.486 e. The Hall–Kier alpha value is -1.59. The first-order valence-corrected chi connectivity index (χ1v) is 8.37. The van der Waals surface area contributed by atoms with Crippen molar-refractivity contribution in [2.24, 2.45) is 5.92 Å². The van der Waals surface area contributed by atoms with Gasteiger partial charge in [-0.2, -0.15) is 0 Å². The predicted molar refractivity (Wildman–Crippen MR) is 86.2 cm³/mol. The Morgan fingerprint density at radius 1 is 1.30 bits per heavy atom. The van der Waals surface area contributed by atoms with E-state index < -0.39 is 11.7 Å². The maximum atomic E-state index is 12.7. The molecule has 5 nitrogen and oxygen atoms in total. The second-order valence-electron chi connectivity index (χ2n) is 6.70. The second kappa shape index (κ2) is 6.89. The fourth-order valence-electron chi connectivity index (χ4n) is 3.24. The highest BCUT2D eigenvalue weighted by Crippen LogP contribution is 2.28. The molecule has 2 saturated heterocycles. The number of amides is 1. The lowest BCUT2D eigenvalue weighted by Crippen LogP contribution is -2.58. The molecule has 0 radical (unpaired) electrons. The third-order valence-electron chi connectivity index (χ3n) is 4.87. The van der Waals surface area contributed by atoms with Gasteiger partial charge in [-0.3, -0.25) is 4.79 Å². The topological polar surface area (TPSA) is 59.0 Å². The molecule has 1 N–H and O–H groups in total. The first kappa shape index (κ1) is 16.3. The van der Waals surface area contributed by atoms with Crippen LogP contribution >= 0.6 is 0 Å². The van der Waals surface area contributed by atoms with Crippen molar-refractivity contribution in [3.63, 3.8) is 0 Å². The fourth-order valence-corrected chi connectivity index (χ4v) is 3.24. The summed E-state index contributed by atoms with van der Waals surface area (Å²) in [5.41, 5.74) is -0.928. The van der Waals surface area contributed by atoms with E-state index in [2.05, 4.69) is 0 Å². The van der Waals surface area contributed by atoms with Crippen molar-refractivity contribution in [3.8, 4) is 5.75 Å². The van der Waals surface area contributed by atoms with Crippen LogP contribution in [0.1, 0.15) is 26.2 Å². The molecule has 5 heteroatoms. The van der Waals surface area contributed by atoms with Crippen LogP contribution in [0.5, 0.6) is 5.75 Å². The van der Waals surface area contributed by atoms with E-state index in [1.807, 2.05) is 35.2 Å². The number of nitrogens with zero attached hydrogens (tertiary/aromatic N) is 1. The molecule has 3 rings (SSSR count). The van der Waals surface area contributed by atoms with Gasteiger partial charge in [0.25, 0.3) is 0 Å². The zero-order valence-electron chi connectivity index (χ0n) is 13.6. The van der Waals surface area contributed by atoms with Gasteiger partial charge in [0.2, 0.25) is 5.91 Å². The smallest absolute Gasteiger partial charge is 0.225 e. The van der Waals surface area contributed by atoms with Crippen LogP contribution in [-0.2, 0) is 9.53 Å². The Labute approximate surface area is 137 Å². The molecule has 0 aromatic heterocycles. The summed E-state index contributed by atoms with van der Waals surface area (Å²) in [6.45, 7) is 4.12. The SMILES string of the molecule is C[C@@]1(O)CCN(C(=O)C2CCOCC2)C[C@H]1Oc1ccccc1. The quantitative estimate of drug-likeness (QED) is 0.923. The first-order chi connectivity index (χ1) is 11.1. The Balaban J connectivity index is 1.67. The lowest BCUT2D eigenvalue weighted by atomic mass is 9.89. The van der Waals surface area contributed by atoms with Gasteiger partial charge in [0, 0.05) is 25.7 Å². The van der Waals surface area contributed by atoms with Gasteiger partial charge in [-0.25, -0.2) is 0 Å². The summed E-state index contributed by atoms with van der Waals surface area (Å²) in [5.74, 6) is 0.938. The molecule has 2 aliphatic rings. The van der Waals surface area contributed by atoms with Crippen molar-refractivity contribution in [2.45, 2.75) is 37.9 Å². The summed E-state index contributed by atoms with van der Waals surface area (Å²) in [4.78, 5) is 14.5. The molecule has 2 atom stereocenters. The molecule has 1 amide bonds. The highest BCUT2D eigenvalue weighted by Gasteiger charge is 2.42. The normalized spacial score (nSPS) is 29.3. The number of ether oxygens (including phenoxy) is 2. The largest absolute Gasteiger partial charge is 0.486 e. The molecule has 2 aliphatic heterocycles. The monoisotopic (exact) mass is 319 g/mol. The third-order valence-corrected chi connectivity index (χ3v) is 4.87. The first-order valence-electron chi connectivity index (χ1n) is 8.37. The van der Waals surface area contributed by atoms with Crippen LogP contribution in [0.25, 0.3) is 0 Å². The van der Waals surface area contributed by atoms with Crippen LogP contribution in [0.3, 0.4) is 0 Å². The molecule has 23 heavy (non-hydrogen) atoms. The van der Waals surface area contributed by atoms with E-state index in [4.69, 9.17) is 9.47 Å². The highest BCUT2D eigenvalue weighted by atomic mass is 16.5. The van der Waals surface area contributed by atoms with E-state index in [9.17, 15) is 9.90 Å². The number of piperidine rings is 1. The Morgan fingerprint density at radius 3 is 2.70 bits per heavy atom. The lowest BCUT2D eigenvalue weighted by Gasteiger charge is -2.43. The van der Waals surface area contributed by atoms with Crippen LogP contribution < -0.4 is 4.74 Å². The average Bonchev–Trinajstić information content (AvgIpc) is 2.58. The zero-order chi connectivity index (χ0) is 16.3.